The van der Waals surface area contributed by atoms with Crippen molar-refractivity contribution in [2.45, 2.75) is 19.8 Å². The summed E-state index contributed by atoms with van der Waals surface area (Å²) >= 11 is 0. The maximum absolute atomic E-state index is 13.2. The van der Waals surface area contributed by atoms with Crippen molar-refractivity contribution in [2.24, 2.45) is 7.05 Å². The SMILES string of the molecule is CC(C)c1ccc2c(F)nn(C)c2c1. The predicted octanol–water partition coefficient (Wildman–Crippen LogP) is 2.84. The molecule has 0 aliphatic rings. The third kappa shape index (κ3) is 1.29. The van der Waals surface area contributed by atoms with E-state index in [1.165, 1.54) is 5.56 Å². The molecule has 0 radical (unpaired) electrons. The molecule has 1 heterocycles. The second kappa shape index (κ2) is 3.08. The number of fused-ring (bicyclic) bond motifs is 1. The lowest BCUT2D eigenvalue weighted by Gasteiger charge is -2.04. The summed E-state index contributed by atoms with van der Waals surface area (Å²) in [6.07, 6.45) is 0. The summed E-state index contributed by atoms with van der Waals surface area (Å²) in [6, 6.07) is 5.75. The van der Waals surface area contributed by atoms with Gasteiger partial charge in [0.05, 0.1) is 10.9 Å². The molecule has 0 saturated carbocycles. The van der Waals surface area contributed by atoms with Crippen LogP contribution in [0.1, 0.15) is 25.3 Å². The van der Waals surface area contributed by atoms with Crippen LogP contribution in [0.2, 0.25) is 0 Å². The zero-order valence-corrected chi connectivity index (χ0v) is 8.58. The molecule has 2 rings (SSSR count). The van der Waals surface area contributed by atoms with Crippen LogP contribution in [0.4, 0.5) is 4.39 Å². The summed E-state index contributed by atoms with van der Waals surface area (Å²) in [5.41, 5.74) is 2.06. The molecule has 0 unspecified atom stereocenters. The van der Waals surface area contributed by atoms with Crippen molar-refractivity contribution in [2.75, 3.05) is 0 Å². The fourth-order valence-corrected chi connectivity index (χ4v) is 1.59. The van der Waals surface area contributed by atoms with Gasteiger partial charge in [0, 0.05) is 7.05 Å². The Morgan fingerprint density at radius 2 is 2.07 bits per heavy atom. The first-order valence-electron chi connectivity index (χ1n) is 4.71. The second-order valence-corrected chi connectivity index (χ2v) is 3.85. The van der Waals surface area contributed by atoms with E-state index in [2.05, 4.69) is 18.9 Å². The van der Waals surface area contributed by atoms with Gasteiger partial charge in [0.1, 0.15) is 0 Å². The van der Waals surface area contributed by atoms with Gasteiger partial charge in [-0.3, -0.25) is 4.68 Å². The van der Waals surface area contributed by atoms with Crippen LogP contribution in [0.5, 0.6) is 0 Å². The minimum absolute atomic E-state index is 0.391. The summed E-state index contributed by atoms with van der Waals surface area (Å²) in [6.45, 7) is 4.24. The molecule has 0 saturated heterocycles. The highest BCUT2D eigenvalue weighted by Crippen LogP contribution is 2.22. The van der Waals surface area contributed by atoms with E-state index in [0.29, 0.717) is 11.3 Å². The third-order valence-corrected chi connectivity index (χ3v) is 2.50. The summed E-state index contributed by atoms with van der Waals surface area (Å²) < 4.78 is 14.8. The highest BCUT2D eigenvalue weighted by atomic mass is 19.1. The molecule has 0 spiro atoms. The first kappa shape index (κ1) is 9.19. The number of rotatable bonds is 1. The Hall–Kier alpha value is -1.38. The van der Waals surface area contributed by atoms with Gasteiger partial charge in [0.25, 0.3) is 0 Å². The van der Waals surface area contributed by atoms with Crippen molar-refractivity contribution < 1.29 is 4.39 Å². The third-order valence-electron chi connectivity index (χ3n) is 2.50. The van der Waals surface area contributed by atoms with Crippen LogP contribution in [0.25, 0.3) is 10.9 Å². The smallest absolute Gasteiger partial charge is 0.240 e. The lowest BCUT2D eigenvalue weighted by atomic mass is 10.0. The van der Waals surface area contributed by atoms with E-state index >= 15 is 0 Å². The van der Waals surface area contributed by atoms with Crippen LogP contribution in [0.15, 0.2) is 18.2 Å². The molecule has 0 aliphatic carbocycles. The summed E-state index contributed by atoms with van der Waals surface area (Å²) in [5, 5.41) is 4.33. The molecule has 74 valence electrons. The van der Waals surface area contributed by atoms with Crippen LogP contribution in [0, 0.1) is 5.95 Å². The molecule has 0 fully saturated rings. The standard InChI is InChI=1S/C11H13FN2/c1-7(2)8-4-5-9-10(6-8)14(3)13-11(9)12/h4-7H,1-3H3. The van der Waals surface area contributed by atoms with Crippen molar-refractivity contribution >= 4 is 10.9 Å². The lowest BCUT2D eigenvalue weighted by molar-refractivity contribution is 0.562. The number of hydrogen-bond donors (Lipinski definition) is 0. The molecule has 0 bridgehead atoms. The summed E-state index contributed by atoms with van der Waals surface area (Å²) in [4.78, 5) is 0. The van der Waals surface area contributed by atoms with Crippen LogP contribution in [-0.2, 0) is 7.05 Å². The van der Waals surface area contributed by atoms with Gasteiger partial charge in [-0.2, -0.15) is 4.39 Å². The molecule has 0 amide bonds. The molecule has 1 aromatic carbocycles. The maximum Gasteiger partial charge on any atom is 0.240 e. The second-order valence-electron chi connectivity index (χ2n) is 3.85. The molecular formula is C11H13FN2. The predicted molar refractivity (Wildman–Crippen MR) is 54.8 cm³/mol. The van der Waals surface area contributed by atoms with Crippen molar-refractivity contribution in [3.05, 3.63) is 29.7 Å². The zero-order valence-electron chi connectivity index (χ0n) is 8.58. The normalized spacial score (nSPS) is 11.5. The van der Waals surface area contributed by atoms with Crippen molar-refractivity contribution in [1.82, 2.24) is 9.78 Å². The van der Waals surface area contributed by atoms with E-state index in [4.69, 9.17) is 0 Å². The molecule has 3 heteroatoms. The van der Waals surface area contributed by atoms with Gasteiger partial charge >= 0.3 is 0 Å². The Kier molecular flexibility index (Phi) is 2.02. The monoisotopic (exact) mass is 192 g/mol. The fraction of sp³-hybridized carbons (Fsp3) is 0.364. The van der Waals surface area contributed by atoms with E-state index in [-0.39, 0.29) is 0 Å². The molecule has 0 N–H and O–H groups in total. The van der Waals surface area contributed by atoms with Crippen LogP contribution >= 0.6 is 0 Å². The van der Waals surface area contributed by atoms with Crippen LogP contribution < -0.4 is 0 Å². The van der Waals surface area contributed by atoms with E-state index in [1.807, 2.05) is 12.1 Å². The Bertz CT molecular complexity index is 471. The number of hydrogen-bond acceptors (Lipinski definition) is 1. The molecule has 14 heavy (non-hydrogen) atoms. The number of aryl methyl sites for hydroxylation is 1. The van der Waals surface area contributed by atoms with E-state index in [9.17, 15) is 4.39 Å². The highest BCUT2D eigenvalue weighted by Gasteiger charge is 2.09. The molecule has 1 aromatic heterocycles. The van der Waals surface area contributed by atoms with Crippen molar-refractivity contribution in [3.8, 4) is 0 Å². The van der Waals surface area contributed by atoms with Gasteiger partial charge in [0.2, 0.25) is 5.95 Å². The van der Waals surface area contributed by atoms with E-state index < -0.39 is 5.95 Å². The summed E-state index contributed by atoms with van der Waals surface area (Å²) in [7, 11) is 1.76. The van der Waals surface area contributed by atoms with Gasteiger partial charge in [0.15, 0.2) is 0 Å². The summed E-state index contributed by atoms with van der Waals surface area (Å²) in [5.74, 6) is 0.0650. The first-order chi connectivity index (χ1) is 6.59. The number of nitrogens with zero attached hydrogens (tertiary/aromatic N) is 2. The topological polar surface area (TPSA) is 17.8 Å². The number of aromatic nitrogens is 2. The van der Waals surface area contributed by atoms with Crippen molar-refractivity contribution in [3.63, 3.8) is 0 Å². The fourth-order valence-electron chi connectivity index (χ4n) is 1.59. The largest absolute Gasteiger partial charge is 0.265 e. The molecule has 2 aromatic rings. The number of benzene rings is 1. The van der Waals surface area contributed by atoms with Crippen LogP contribution in [-0.4, -0.2) is 9.78 Å². The maximum atomic E-state index is 13.2. The van der Waals surface area contributed by atoms with Crippen molar-refractivity contribution in [1.29, 1.82) is 0 Å². The Balaban J connectivity index is 2.71. The van der Waals surface area contributed by atoms with Gasteiger partial charge in [-0.25, -0.2) is 0 Å². The Morgan fingerprint density at radius 3 is 2.71 bits per heavy atom. The molecule has 0 aliphatic heterocycles. The van der Waals surface area contributed by atoms with Gasteiger partial charge < -0.3 is 0 Å². The quantitative estimate of drug-likeness (QED) is 0.679. The lowest BCUT2D eigenvalue weighted by Crippen LogP contribution is -1.91. The van der Waals surface area contributed by atoms with Crippen LogP contribution in [0.3, 0.4) is 0 Å². The van der Waals surface area contributed by atoms with E-state index in [1.54, 1.807) is 17.8 Å². The highest BCUT2D eigenvalue weighted by molar-refractivity contribution is 5.80. The average molecular weight is 192 g/mol. The molecule has 0 atom stereocenters. The minimum Gasteiger partial charge on any atom is -0.265 e. The average Bonchev–Trinajstić information content (AvgIpc) is 2.42. The zero-order chi connectivity index (χ0) is 10.3. The first-order valence-corrected chi connectivity index (χ1v) is 4.71. The Morgan fingerprint density at radius 1 is 1.36 bits per heavy atom. The molecule has 2 nitrogen and oxygen atoms in total. The van der Waals surface area contributed by atoms with E-state index in [0.717, 1.165) is 5.52 Å². The minimum atomic E-state index is -0.391. The molecular weight excluding hydrogens is 179 g/mol. The Labute approximate surface area is 82.3 Å². The van der Waals surface area contributed by atoms with Gasteiger partial charge in [-0.15, -0.1) is 5.10 Å². The van der Waals surface area contributed by atoms with Gasteiger partial charge in [-0.1, -0.05) is 19.9 Å². The van der Waals surface area contributed by atoms with Gasteiger partial charge in [-0.05, 0) is 23.6 Å². The number of halogens is 1.